The van der Waals surface area contributed by atoms with Crippen molar-refractivity contribution < 1.29 is 28.8 Å². The van der Waals surface area contributed by atoms with E-state index in [0.29, 0.717) is 61.1 Å². The number of quaternary nitrogens is 1. The first-order chi connectivity index (χ1) is 14.5. The van der Waals surface area contributed by atoms with Gasteiger partial charge in [-0.3, -0.25) is 14.9 Å². The van der Waals surface area contributed by atoms with Gasteiger partial charge >= 0.3 is 0 Å². The van der Waals surface area contributed by atoms with E-state index >= 15 is 0 Å². The Balaban J connectivity index is 1.68. The molecule has 0 spiro atoms. The topological polar surface area (TPSA) is 95.6 Å². The van der Waals surface area contributed by atoms with Gasteiger partial charge in [-0.2, -0.15) is 0 Å². The van der Waals surface area contributed by atoms with Crippen LogP contribution in [0.25, 0.3) is 0 Å². The van der Waals surface area contributed by atoms with Gasteiger partial charge < -0.3 is 24.0 Å². The largest absolute Gasteiger partial charge is 0.493 e. The Bertz CT molecular complexity index is 900. The number of piperazine rings is 1. The fourth-order valence-electron chi connectivity index (χ4n) is 3.70. The zero-order valence-corrected chi connectivity index (χ0v) is 17.3. The van der Waals surface area contributed by atoms with Crippen LogP contribution in [0.4, 0.5) is 5.69 Å². The highest BCUT2D eigenvalue weighted by Gasteiger charge is 2.28. The van der Waals surface area contributed by atoms with Crippen molar-refractivity contribution in [2.75, 3.05) is 47.5 Å². The molecule has 0 aromatic heterocycles. The van der Waals surface area contributed by atoms with E-state index in [0.717, 1.165) is 0 Å². The van der Waals surface area contributed by atoms with Crippen molar-refractivity contribution in [2.45, 2.75) is 6.54 Å². The van der Waals surface area contributed by atoms with Crippen LogP contribution in [-0.4, -0.2) is 63.2 Å². The number of nitro benzene ring substituents is 1. The van der Waals surface area contributed by atoms with Crippen LogP contribution in [0.1, 0.15) is 15.9 Å². The van der Waals surface area contributed by atoms with Crippen molar-refractivity contribution >= 4 is 11.6 Å². The van der Waals surface area contributed by atoms with Gasteiger partial charge in [0.1, 0.15) is 6.54 Å². The number of carbonyl (C=O) groups excluding carboxylic acids is 1. The minimum atomic E-state index is -0.348. The smallest absolute Gasteiger partial charge is 0.278 e. The van der Waals surface area contributed by atoms with E-state index in [2.05, 4.69) is 0 Å². The molecule has 0 atom stereocenters. The predicted molar refractivity (Wildman–Crippen MR) is 109 cm³/mol. The Hall–Kier alpha value is -3.33. The fraction of sp³-hybridized carbons (Fsp3) is 0.381. The highest BCUT2D eigenvalue weighted by molar-refractivity contribution is 5.95. The number of benzene rings is 2. The fourth-order valence-corrected chi connectivity index (χ4v) is 3.70. The SMILES string of the molecule is COc1cc(C(=O)N2CC[NH+](Cc3ccccc3[N+](=O)[O-])CC2)cc(OC)c1OC. The maximum atomic E-state index is 13.0. The molecule has 0 unspecified atom stereocenters. The van der Waals surface area contributed by atoms with Crippen LogP contribution in [-0.2, 0) is 6.54 Å². The Kier molecular flexibility index (Phi) is 6.73. The molecule has 3 rings (SSSR count). The van der Waals surface area contributed by atoms with Crippen molar-refractivity contribution in [1.29, 1.82) is 0 Å². The maximum absolute atomic E-state index is 13.0. The molecule has 1 heterocycles. The molecule has 0 radical (unpaired) electrons. The molecule has 30 heavy (non-hydrogen) atoms. The highest BCUT2D eigenvalue weighted by Crippen LogP contribution is 2.38. The average Bonchev–Trinajstić information content (AvgIpc) is 2.78. The molecule has 1 saturated heterocycles. The van der Waals surface area contributed by atoms with Crippen molar-refractivity contribution in [2.24, 2.45) is 0 Å². The standard InChI is InChI=1S/C21H25N3O6/c1-28-18-12-16(13-19(29-2)20(18)30-3)21(25)23-10-8-22(9-11-23)14-15-6-4-5-7-17(15)24(26)27/h4-7,12-13H,8-11,14H2,1-3H3/p+1. The minimum Gasteiger partial charge on any atom is -0.493 e. The molecule has 1 aliphatic rings. The predicted octanol–water partition coefficient (Wildman–Crippen LogP) is 1.16. The van der Waals surface area contributed by atoms with Gasteiger partial charge in [0.25, 0.3) is 11.6 Å². The molecular formula is C21H26N3O6+. The molecule has 0 saturated carbocycles. The summed E-state index contributed by atoms with van der Waals surface area (Å²) in [6.07, 6.45) is 0. The maximum Gasteiger partial charge on any atom is 0.278 e. The van der Waals surface area contributed by atoms with E-state index in [4.69, 9.17) is 14.2 Å². The number of hydrogen-bond acceptors (Lipinski definition) is 6. The molecular weight excluding hydrogens is 390 g/mol. The minimum absolute atomic E-state index is 0.112. The summed E-state index contributed by atoms with van der Waals surface area (Å²) in [5.41, 5.74) is 1.31. The number of hydrogen-bond donors (Lipinski definition) is 1. The van der Waals surface area contributed by atoms with Crippen LogP contribution < -0.4 is 19.1 Å². The van der Waals surface area contributed by atoms with E-state index in [-0.39, 0.29) is 16.5 Å². The lowest BCUT2D eigenvalue weighted by molar-refractivity contribution is -0.917. The molecule has 160 valence electrons. The molecule has 1 fully saturated rings. The lowest BCUT2D eigenvalue weighted by Gasteiger charge is -2.32. The Morgan fingerprint density at radius 3 is 2.20 bits per heavy atom. The average molecular weight is 416 g/mol. The number of methoxy groups -OCH3 is 3. The van der Waals surface area contributed by atoms with Gasteiger partial charge in [0.05, 0.1) is 58.0 Å². The quantitative estimate of drug-likeness (QED) is 0.538. The molecule has 2 aromatic rings. The van der Waals surface area contributed by atoms with Gasteiger partial charge in [-0.25, -0.2) is 0 Å². The number of rotatable bonds is 7. The van der Waals surface area contributed by atoms with E-state index < -0.39 is 0 Å². The van der Waals surface area contributed by atoms with E-state index in [1.165, 1.54) is 32.3 Å². The van der Waals surface area contributed by atoms with Gasteiger partial charge in [0.2, 0.25) is 5.75 Å². The van der Waals surface area contributed by atoms with E-state index in [1.54, 1.807) is 29.2 Å². The summed E-state index contributed by atoms with van der Waals surface area (Å²) in [4.78, 5) is 26.9. The van der Waals surface area contributed by atoms with E-state index in [1.807, 2.05) is 6.07 Å². The third-order valence-corrected chi connectivity index (χ3v) is 5.30. The number of nitro groups is 1. The molecule has 1 N–H and O–H groups in total. The van der Waals surface area contributed by atoms with Crippen molar-refractivity contribution in [3.05, 3.63) is 57.6 Å². The summed E-state index contributed by atoms with van der Waals surface area (Å²) in [7, 11) is 4.54. The zero-order chi connectivity index (χ0) is 21.7. The first kappa shape index (κ1) is 21.4. The monoisotopic (exact) mass is 416 g/mol. The number of nitrogens with one attached hydrogen (secondary N) is 1. The number of nitrogens with zero attached hydrogens (tertiary/aromatic N) is 2. The van der Waals surface area contributed by atoms with Gasteiger partial charge in [-0.05, 0) is 18.2 Å². The van der Waals surface area contributed by atoms with Crippen LogP contribution in [0.2, 0.25) is 0 Å². The van der Waals surface area contributed by atoms with Crippen molar-refractivity contribution in [1.82, 2.24) is 4.90 Å². The van der Waals surface area contributed by atoms with Crippen LogP contribution >= 0.6 is 0 Å². The number of amides is 1. The first-order valence-electron chi connectivity index (χ1n) is 9.63. The molecule has 0 bridgehead atoms. The van der Waals surface area contributed by atoms with Gasteiger partial charge in [0.15, 0.2) is 11.5 Å². The molecule has 1 amide bonds. The lowest BCUT2D eigenvalue weighted by atomic mass is 10.1. The highest BCUT2D eigenvalue weighted by atomic mass is 16.6. The van der Waals surface area contributed by atoms with Crippen LogP contribution in [0, 0.1) is 10.1 Å². The third kappa shape index (κ3) is 4.46. The van der Waals surface area contributed by atoms with Crippen molar-refractivity contribution in [3.8, 4) is 17.2 Å². The van der Waals surface area contributed by atoms with Gasteiger partial charge in [-0.15, -0.1) is 0 Å². The van der Waals surface area contributed by atoms with Gasteiger partial charge in [0, 0.05) is 11.6 Å². The zero-order valence-electron chi connectivity index (χ0n) is 17.3. The van der Waals surface area contributed by atoms with Crippen molar-refractivity contribution in [3.63, 3.8) is 0 Å². The molecule has 9 heteroatoms. The second-order valence-electron chi connectivity index (χ2n) is 7.02. The second-order valence-corrected chi connectivity index (χ2v) is 7.02. The first-order valence-corrected chi connectivity index (χ1v) is 9.63. The third-order valence-electron chi connectivity index (χ3n) is 5.30. The Morgan fingerprint density at radius 1 is 1.07 bits per heavy atom. The number of para-hydroxylation sites is 1. The lowest BCUT2D eigenvalue weighted by Crippen LogP contribution is -3.13. The normalized spacial score (nSPS) is 14.3. The number of carbonyl (C=O) groups is 1. The van der Waals surface area contributed by atoms with Crippen LogP contribution in [0.3, 0.4) is 0 Å². The van der Waals surface area contributed by atoms with Crippen LogP contribution in [0.15, 0.2) is 36.4 Å². The molecule has 2 aromatic carbocycles. The summed E-state index contributed by atoms with van der Waals surface area (Å²) >= 11 is 0. The van der Waals surface area contributed by atoms with Gasteiger partial charge in [-0.1, -0.05) is 12.1 Å². The summed E-state index contributed by atoms with van der Waals surface area (Å²) in [6, 6.07) is 10.1. The summed E-state index contributed by atoms with van der Waals surface area (Å²) in [5, 5.41) is 11.2. The second kappa shape index (κ2) is 9.45. The number of ether oxygens (including phenoxy) is 3. The Labute approximate surface area is 174 Å². The molecule has 1 aliphatic heterocycles. The van der Waals surface area contributed by atoms with Crippen LogP contribution in [0.5, 0.6) is 17.2 Å². The summed E-state index contributed by atoms with van der Waals surface area (Å²) in [5.74, 6) is 1.19. The molecule has 0 aliphatic carbocycles. The summed E-state index contributed by atoms with van der Waals surface area (Å²) in [6.45, 7) is 3.10. The van der Waals surface area contributed by atoms with E-state index in [9.17, 15) is 14.9 Å². The Morgan fingerprint density at radius 2 is 1.67 bits per heavy atom. The molecule has 9 nitrogen and oxygen atoms in total. The summed E-state index contributed by atoms with van der Waals surface area (Å²) < 4.78 is 16.0.